The van der Waals surface area contributed by atoms with Gasteiger partial charge in [0.15, 0.2) is 0 Å². The summed E-state index contributed by atoms with van der Waals surface area (Å²) in [6, 6.07) is 4.14. The molecule has 0 saturated carbocycles. The molecule has 140 valence electrons. The van der Waals surface area contributed by atoms with Crippen LogP contribution in [-0.4, -0.2) is 22.4 Å². The van der Waals surface area contributed by atoms with Gasteiger partial charge in [-0.3, -0.25) is 4.79 Å². The van der Waals surface area contributed by atoms with Crippen molar-refractivity contribution in [2.45, 2.75) is 26.4 Å². The van der Waals surface area contributed by atoms with E-state index in [0.29, 0.717) is 18.3 Å². The number of hydrogen-bond acceptors (Lipinski definition) is 4. The monoisotopic (exact) mass is 386 g/mol. The molecule has 0 aliphatic rings. The van der Waals surface area contributed by atoms with Crippen molar-refractivity contribution >= 4 is 29.0 Å². The first kappa shape index (κ1) is 20.0. The summed E-state index contributed by atoms with van der Waals surface area (Å²) in [5.41, 5.74) is -1.03. The average Bonchev–Trinajstić information content (AvgIpc) is 2.55. The number of hydrogen-bond donors (Lipinski definition) is 2. The van der Waals surface area contributed by atoms with Crippen LogP contribution in [0.1, 0.15) is 36.3 Å². The van der Waals surface area contributed by atoms with E-state index in [1.54, 1.807) is 0 Å². The Kier molecular flexibility index (Phi) is 6.42. The minimum atomic E-state index is -4.54. The number of aromatic nitrogens is 2. The van der Waals surface area contributed by atoms with Gasteiger partial charge in [-0.1, -0.05) is 25.4 Å². The molecule has 9 heteroatoms. The first-order valence-electron chi connectivity index (χ1n) is 7.91. The standard InChI is InChI=1S/C17H18ClF3N4O/c1-10(2)5-6-22-15-8-14(23-9-24-15)16(26)25-13-7-11(17(19,20)21)3-4-12(13)18/h3-4,7-10H,5-6H2,1-2H3,(H,25,26)(H,22,23,24). The molecule has 26 heavy (non-hydrogen) atoms. The second kappa shape index (κ2) is 8.35. The SMILES string of the molecule is CC(C)CCNc1cc(C(=O)Nc2cc(C(F)(F)F)ccc2Cl)ncn1. The van der Waals surface area contributed by atoms with Crippen molar-refractivity contribution in [1.82, 2.24) is 9.97 Å². The van der Waals surface area contributed by atoms with Crippen LogP contribution in [-0.2, 0) is 6.18 Å². The zero-order valence-electron chi connectivity index (χ0n) is 14.2. The molecule has 2 aromatic rings. The Morgan fingerprint density at radius 3 is 2.62 bits per heavy atom. The van der Waals surface area contributed by atoms with E-state index in [1.807, 2.05) is 0 Å². The summed E-state index contributed by atoms with van der Waals surface area (Å²) in [5, 5.41) is 5.42. The van der Waals surface area contributed by atoms with Crippen LogP contribution >= 0.6 is 11.6 Å². The van der Waals surface area contributed by atoms with Crippen molar-refractivity contribution in [3.63, 3.8) is 0 Å². The number of halogens is 4. The van der Waals surface area contributed by atoms with E-state index in [9.17, 15) is 18.0 Å². The number of carbonyl (C=O) groups is 1. The lowest BCUT2D eigenvalue weighted by atomic mass is 10.1. The summed E-state index contributed by atoms with van der Waals surface area (Å²) < 4.78 is 38.4. The Hall–Kier alpha value is -2.35. The molecule has 1 aromatic carbocycles. The smallest absolute Gasteiger partial charge is 0.370 e. The highest BCUT2D eigenvalue weighted by Gasteiger charge is 2.31. The van der Waals surface area contributed by atoms with Crippen LogP contribution in [0.25, 0.3) is 0 Å². The zero-order chi connectivity index (χ0) is 19.3. The van der Waals surface area contributed by atoms with Crippen molar-refractivity contribution < 1.29 is 18.0 Å². The van der Waals surface area contributed by atoms with Crippen molar-refractivity contribution in [3.8, 4) is 0 Å². The van der Waals surface area contributed by atoms with Crippen LogP contribution in [0.15, 0.2) is 30.6 Å². The number of alkyl halides is 3. The first-order chi connectivity index (χ1) is 12.2. The zero-order valence-corrected chi connectivity index (χ0v) is 14.9. The molecule has 1 aromatic heterocycles. The summed E-state index contributed by atoms with van der Waals surface area (Å²) >= 11 is 5.88. The maximum atomic E-state index is 12.8. The molecule has 0 aliphatic heterocycles. The van der Waals surface area contributed by atoms with Gasteiger partial charge in [-0.2, -0.15) is 13.2 Å². The molecule has 0 bridgehead atoms. The van der Waals surface area contributed by atoms with Crippen molar-refractivity contribution in [1.29, 1.82) is 0 Å². The molecule has 0 unspecified atom stereocenters. The normalized spacial score (nSPS) is 11.5. The van der Waals surface area contributed by atoms with Gasteiger partial charge in [0.25, 0.3) is 5.91 Å². The Morgan fingerprint density at radius 1 is 1.23 bits per heavy atom. The average molecular weight is 387 g/mol. The van der Waals surface area contributed by atoms with Crippen molar-refractivity contribution in [2.75, 3.05) is 17.2 Å². The van der Waals surface area contributed by atoms with Gasteiger partial charge >= 0.3 is 6.18 Å². The minimum absolute atomic E-state index is 0.00399. The van der Waals surface area contributed by atoms with Gasteiger partial charge in [0.05, 0.1) is 16.3 Å². The van der Waals surface area contributed by atoms with Gasteiger partial charge in [-0.25, -0.2) is 9.97 Å². The molecule has 0 fully saturated rings. The lowest BCUT2D eigenvalue weighted by Gasteiger charge is -2.12. The molecular weight excluding hydrogens is 369 g/mol. The summed E-state index contributed by atoms with van der Waals surface area (Å²) in [5.74, 6) is 0.289. The first-order valence-corrected chi connectivity index (χ1v) is 8.28. The van der Waals surface area contributed by atoms with Gasteiger partial charge < -0.3 is 10.6 Å². The Balaban J connectivity index is 2.13. The van der Waals surface area contributed by atoms with Crippen LogP contribution in [0.3, 0.4) is 0 Å². The van der Waals surface area contributed by atoms with E-state index in [-0.39, 0.29) is 16.4 Å². The van der Waals surface area contributed by atoms with Crippen LogP contribution in [0.4, 0.5) is 24.7 Å². The number of nitrogens with zero attached hydrogens (tertiary/aromatic N) is 2. The molecule has 0 saturated heterocycles. The van der Waals surface area contributed by atoms with E-state index in [0.717, 1.165) is 24.6 Å². The fraction of sp³-hybridized carbons (Fsp3) is 0.353. The molecule has 2 rings (SSSR count). The van der Waals surface area contributed by atoms with Crippen LogP contribution in [0.2, 0.25) is 5.02 Å². The third-order valence-electron chi connectivity index (χ3n) is 3.47. The highest BCUT2D eigenvalue weighted by molar-refractivity contribution is 6.33. The highest BCUT2D eigenvalue weighted by Crippen LogP contribution is 2.33. The molecule has 0 radical (unpaired) electrons. The summed E-state index contributed by atoms with van der Waals surface area (Å²) in [6.45, 7) is 4.84. The molecule has 5 nitrogen and oxygen atoms in total. The molecule has 1 amide bonds. The van der Waals surface area contributed by atoms with E-state index >= 15 is 0 Å². The second-order valence-electron chi connectivity index (χ2n) is 6.04. The number of rotatable bonds is 6. The fourth-order valence-electron chi connectivity index (χ4n) is 2.05. The molecule has 0 aliphatic carbocycles. The maximum Gasteiger partial charge on any atom is 0.416 e. The lowest BCUT2D eigenvalue weighted by molar-refractivity contribution is -0.137. The van der Waals surface area contributed by atoms with Gasteiger partial charge in [-0.15, -0.1) is 0 Å². The Labute approximate surface area is 154 Å². The maximum absolute atomic E-state index is 12.8. The number of benzene rings is 1. The van der Waals surface area contributed by atoms with E-state index in [2.05, 4.69) is 34.4 Å². The second-order valence-corrected chi connectivity index (χ2v) is 6.45. The number of carbonyl (C=O) groups excluding carboxylic acids is 1. The number of anilines is 2. The van der Waals surface area contributed by atoms with Gasteiger partial charge in [-0.05, 0) is 30.5 Å². The van der Waals surface area contributed by atoms with Crippen LogP contribution < -0.4 is 10.6 Å². The molecule has 2 N–H and O–H groups in total. The van der Waals surface area contributed by atoms with Crippen LogP contribution in [0, 0.1) is 5.92 Å². The Bertz CT molecular complexity index is 781. The van der Waals surface area contributed by atoms with Crippen molar-refractivity contribution in [2.24, 2.45) is 5.92 Å². The molecule has 0 spiro atoms. The Morgan fingerprint density at radius 2 is 1.96 bits per heavy atom. The molecule has 0 atom stereocenters. The highest BCUT2D eigenvalue weighted by atomic mass is 35.5. The summed E-state index contributed by atoms with van der Waals surface area (Å²) in [6.07, 6.45) is -2.40. The van der Waals surface area contributed by atoms with Crippen molar-refractivity contribution in [3.05, 3.63) is 46.9 Å². The number of amides is 1. The predicted molar refractivity (Wildman–Crippen MR) is 94.4 cm³/mol. The van der Waals surface area contributed by atoms with Gasteiger partial charge in [0.1, 0.15) is 17.8 Å². The number of nitrogens with one attached hydrogen (secondary N) is 2. The summed E-state index contributed by atoms with van der Waals surface area (Å²) in [4.78, 5) is 20.2. The quantitative estimate of drug-likeness (QED) is 0.744. The lowest BCUT2D eigenvalue weighted by Crippen LogP contribution is -2.16. The third-order valence-corrected chi connectivity index (χ3v) is 3.80. The van der Waals surface area contributed by atoms with Gasteiger partial charge in [0, 0.05) is 12.6 Å². The molecule has 1 heterocycles. The third kappa shape index (κ3) is 5.59. The van der Waals surface area contributed by atoms with Crippen LogP contribution in [0.5, 0.6) is 0 Å². The van der Waals surface area contributed by atoms with E-state index in [4.69, 9.17) is 11.6 Å². The van der Waals surface area contributed by atoms with E-state index in [1.165, 1.54) is 12.4 Å². The van der Waals surface area contributed by atoms with E-state index < -0.39 is 17.6 Å². The minimum Gasteiger partial charge on any atom is -0.370 e. The summed E-state index contributed by atoms with van der Waals surface area (Å²) in [7, 11) is 0. The topological polar surface area (TPSA) is 66.9 Å². The predicted octanol–water partition coefficient (Wildman–Crippen LogP) is 4.86. The van der Waals surface area contributed by atoms with Gasteiger partial charge in [0.2, 0.25) is 0 Å². The largest absolute Gasteiger partial charge is 0.416 e. The fourth-order valence-corrected chi connectivity index (χ4v) is 2.22. The molecular formula is C17H18ClF3N4O.